The summed E-state index contributed by atoms with van der Waals surface area (Å²) in [7, 11) is 0. The molecular weight excluding hydrogens is 509 g/mol. The number of urea groups is 1. The van der Waals surface area contributed by atoms with Crippen LogP contribution in [0.1, 0.15) is 31.2 Å². The molecule has 0 aliphatic carbocycles. The summed E-state index contributed by atoms with van der Waals surface area (Å²) in [6.07, 6.45) is 6.86. The summed E-state index contributed by atoms with van der Waals surface area (Å²) in [4.78, 5) is 28.5. The number of nitrogens with zero attached hydrogens (tertiary/aromatic N) is 2. The second kappa shape index (κ2) is 14.2. The first kappa shape index (κ1) is 27.9. The molecule has 0 aromatic heterocycles. The van der Waals surface area contributed by atoms with Crippen LogP contribution in [0.2, 0.25) is 10.0 Å². The van der Waals surface area contributed by atoms with Crippen LogP contribution in [0.4, 0.5) is 19.3 Å². The lowest BCUT2D eigenvalue weighted by Crippen LogP contribution is -2.38. The third kappa shape index (κ3) is 9.08. The quantitative estimate of drug-likeness (QED) is 0.312. The van der Waals surface area contributed by atoms with Gasteiger partial charge in [0.05, 0.1) is 10.0 Å². The summed E-state index contributed by atoms with van der Waals surface area (Å²) in [5, 5.41) is 6.43. The summed E-state index contributed by atoms with van der Waals surface area (Å²) in [6, 6.07) is 8.18. The predicted octanol–water partition coefficient (Wildman–Crippen LogP) is 5.81. The molecule has 1 aliphatic heterocycles. The van der Waals surface area contributed by atoms with E-state index in [9.17, 15) is 18.4 Å². The number of hydrogen-bond donors (Lipinski definition) is 2. The highest BCUT2D eigenvalue weighted by Gasteiger charge is 2.19. The molecule has 0 radical (unpaired) electrons. The minimum atomic E-state index is -0.992. The zero-order chi connectivity index (χ0) is 25.9. The Bertz CT molecular complexity index is 1080. The molecule has 6 nitrogen and oxygen atoms in total. The SMILES string of the molecule is O=C(/C=C/c1ccc(Cl)c(Cl)c1)NCCCCCN1CCCN(C(=O)Nc2ccc(F)c(F)c2)CC1. The molecule has 0 bridgehead atoms. The van der Waals surface area contributed by atoms with Crippen molar-refractivity contribution in [2.75, 3.05) is 44.6 Å². The van der Waals surface area contributed by atoms with Crippen LogP contribution in [-0.2, 0) is 4.79 Å². The Labute approximate surface area is 220 Å². The number of unbranched alkanes of at least 4 members (excludes halogenated alkanes) is 2. The third-order valence-corrected chi connectivity index (χ3v) is 6.61. The van der Waals surface area contributed by atoms with Crippen molar-refractivity contribution < 1.29 is 18.4 Å². The molecular formula is C26H30Cl2F2N4O2. The number of anilines is 1. The van der Waals surface area contributed by atoms with E-state index in [-0.39, 0.29) is 17.6 Å². The van der Waals surface area contributed by atoms with Crippen molar-refractivity contribution in [3.05, 3.63) is 69.7 Å². The molecule has 0 atom stereocenters. The molecule has 194 valence electrons. The van der Waals surface area contributed by atoms with Gasteiger partial charge in [-0.3, -0.25) is 4.79 Å². The molecule has 0 unspecified atom stereocenters. The van der Waals surface area contributed by atoms with Crippen molar-refractivity contribution in [2.24, 2.45) is 0 Å². The van der Waals surface area contributed by atoms with E-state index in [2.05, 4.69) is 15.5 Å². The first-order chi connectivity index (χ1) is 17.3. The van der Waals surface area contributed by atoms with Gasteiger partial charge < -0.3 is 20.4 Å². The van der Waals surface area contributed by atoms with Gasteiger partial charge in [-0.25, -0.2) is 13.6 Å². The smallest absolute Gasteiger partial charge is 0.321 e. The van der Waals surface area contributed by atoms with Crippen molar-refractivity contribution >= 4 is 46.9 Å². The van der Waals surface area contributed by atoms with E-state index in [0.29, 0.717) is 29.7 Å². The van der Waals surface area contributed by atoms with E-state index in [1.807, 2.05) is 0 Å². The van der Waals surface area contributed by atoms with Gasteiger partial charge >= 0.3 is 6.03 Å². The van der Waals surface area contributed by atoms with Crippen molar-refractivity contribution in [3.63, 3.8) is 0 Å². The van der Waals surface area contributed by atoms with E-state index in [1.54, 1.807) is 29.2 Å². The van der Waals surface area contributed by atoms with Crippen molar-refractivity contribution in [2.45, 2.75) is 25.7 Å². The maximum atomic E-state index is 13.4. The van der Waals surface area contributed by atoms with Gasteiger partial charge in [-0.2, -0.15) is 0 Å². The molecule has 1 saturated heterocycles. The lowest BCUT2D eigenvalue weighted by Gasteiger charge is -2.22. The van der Waals surface area contributed by atoms with Gasteiger partial charge in [0, 0.05) is 44.0 Å². The fraction of sp³-hybridized carbons (Fsp3) is 0.385. The minimum absolute atomic E-state index is 0.157. The first-order valence-electron chi connectivity index (χ1n) is 12.0. The van der Waals surface area contributed by atoms with E-state index in [0.717, 1.165) is 63.0 Å². The van der Waals surface area contributed by atoms with Crippen LogP contribution in [0.3, 0.4) is 0 Å². The first-order valence-corrected chi connectivity index (χ1v) is 12.7. The fourth-order valence-electron chi connectivity index (χ4n) is 3.87. The van der Waals surface area contributed by atoms with Crippen LogP contribution in [0, 0.1) is 11.6 Å². The molecule has 1 fully saturated rings. The number of nitrogens with one attached hydrogen (secondary N) is 2. The normalized spacial score (nSPS) is 14.6. The average Bonchev–Trinajstić information content (AvgIpc) is 3.10. The van der Waals surface area contributed by atoms with E-state index in [1.165, 1.54) is 12.1 Å². The Kier molecular flexibility index (Phi) is 11.0. The predicted molar refractivity (Wildman–Crippen MR) is 140 cm³/mol. The second-order valence-electron chi connectivity index (χ2n) is 8.60. The molecule has 3 amide bonds. The number of carbonyl (C=O) groups is 2. The van der Waals surface area contributed by atoms with Crippen molar-refractivity contribution in [1.82, 2.24) is 15.1 Å². The molecule has 0 spiro atoms. The number of rotatable bonds is 9. The maximum absolute atomic E-state index is 13.4. The third-order valence-electron chi connectivity index (χ3n) is 5.87. The van der Waals surface area contributed by atoms with Gasteiger partial charge in [0.15, 0.2) is 11.6 Å². The van der Waals surface area contributed by atoms with Crippen LogP contribution in [-0.4, -0.2) is 61.0 Å². The Morgan fingerprint density at radius 3 is 2.53 bits per heavy atom. The lowest BCUT2D eigenvalue weighted by molar-refractivity contribution is -0.116. The topological polar surface area (TPSA) is 64.7 Å². The zero-order valence-electron chi connectivity index (χ0n) is 19.9. The van der Waals surface area contributed by atoms with Crippen LogP contribution in [0.25, 0.3) is 6.08 Å². The largest absolute Gasteiger partial charge is 0.353 e. The highest BCUT2D eigenvalue weighted by atomic mass is 35.5. The number of benzene rings is 2. The molecule has 36 heavy (non-hydrogen) atoms. The lowest BCUT2D eigenvalue weighted by atomic mass is 10.2. The maximum Gasteiger partial charge on any atom is 0.321 e. The summed E-state index contributed by atoms with van der Waals surface area (Å²) in [5.41, 5.74) is 1.04. The fourth-order valence-corrected chi connectivity index (χ4v) is 4.18. The standard InChI is InChI=1S/C26H30Cl2F2N4O2/c27-21-8-5-19(17-22(21)28)6-10-25(35)31-11-2-1-3-12-33-13-4-14-34(16-15-33)26(36)32-20-7-9-23(29)24(30)18-20/h5-10,17-18H,1-4,11-16H2,(H,31,35)(H,32,36)/b10-6+. The van der Waals surface area contributed by atoms with Crippen LogP contribution >= 0.6 is 23.2 Å². The van der Waals surface area contributed by atoms with Crippen molar-refractivity contribution in [3.8, 4) is 0 Å². The molecule has 2 aromatic carbocycles. The highest BCUT2D eigenvalue weighted by molar-refractivity contribution is 6.42. The Morgan fingerprint density at radius 1 is 0.917 bits per heavy atom. The monoisotopic (exact) mass is 538 g/mol. The number of amides is 3. The van der Waals surface area contributed by atoms with E-state index < -0.39 is 11.6 Å². The van der Waals surface area contributed by atoms with Crippen LogP contribution < -0.4 is 10.6 Å². The molecule has 0 saturated carbocycles. The molecule has 3 rings (SSSR count). The summed E-state index contributed by atoms with van der Waals surface area (Å²) >= 11 is 11.9. The van der Waals surface area contributed by atoms with Gasteiger partial charge in [-0.05, 0) is 68.3 Å². The summed E-state index contributed by atoms with van der Waals surface area (Å²) < 4.78 is 26.4. The number of halogens is 4. The summed E-state index contributed by atoms with van der Waals surface area (Å²) in [6.45, 7) is 4.34. The van der Waals surface area contributed by atoms with Gasteiger partial charge in [0.1, 0.15) is 0 Å². The summed E-state index contributed by atoms with van der Waals surface area (Å²) in [5.74, 6) is -2.10. The highest BCUT2D eigenvalue weighted by Crippen LogP contribution is 2.23. The number of hydrogen-bond acceptors (Lipinski definition) is 3. The van der Waals surface area contributed by atoms with E-state index >= 15 is 0 Å². The zero-order valence-corrected chi connectivity index (χ0v) is 21.4. The molecule has 2 N–H and O–H groups in total. The van der Waals surface area contributed by atoms with Gasteiger partial charge in [0.25, 0.3) is 0 Å². The van der Waals surface area contributed by atoms with Crippen LogP contribution in [0.15, 0.2) is 42.5 Å². The number of carbonyl (C=O) groups excluding carboxylic acids is 2. The van der Waals surface area contributed by atoms with Gasteiger partial charge in [-0.1, -0.05) is 35.7 Å². The molecule has 1 heterocycles. The minimum Gasteiger partial charge on any atom is -0.353 e. The molecule has 1 aliphatic rings. The average molecular weight is 539 g/mol. The second-order valence-corrected chi connectivity index (χ2v) is 9.41. The van der Waals surface area contributed by atoms with Crippen molar-refractivity contribution in [1.29, 1.82) is 0 Å². The Morgan fingerprint density at radius 2 is 1.75 bits per heavy atom. The molecule has 2 aromatic rings. The Hall–Kier alpha value is -2.68. The van der Waals surface area contributed by atoms with Gasteiger partial charge in [-0.15, -0.1) is 0 Å². The van der Waals surface area contributed by atoms with Gasteiger partial charge in [0.2, 0.25) is 5.91 Å². The Balaban J connectivity index is 1.28. The van der Waals surface area contributed by atoms with E-state index in [4.69, 9.17) is 23.2 Å². The van der Waals surface area contributed by atoms with Crippen LogP contribution in [0.5, 0.6) is 0 Å². The molecule has 10 heteroatoms.